The Bertz CT molecular complexity index is 750. The maximum atomic E-state index is 12.7. The van der Waals surface area contributed by atoms with Gasteiger partial charge in [-0.25, -0.2) is 0 Å². The Morgan fingerprint density at radius 2 is 1.88 bits per heavy atom. The van der Waals surface area contributed by atoms with Gasteiger partial charge >= 0.3 is 0 Å². The molecule has 0 unspecified atom stereocenters. The van der Waals surface area contributed by atoms with E-state index < -0.39 is 0 Å². The molecule has 0 atom stereocenters. The number of nitriles is 1. The minimum atomic E-state index is -0.0276. The first kappa shape index (κ1) is 18.4. The molecule has 0 aliphatic rings. The molecule has 0 bridgehead atoms. The average molecular weight is 359 g/mol. The van der Waals surface area contributed by atoms with E-state index in [1.807, 2.05) is 50.2 Å². The molecule has 0 spiro atoms. The van der Waals surface area contributed by atoms with E-state index in [0.29, 0.717) is 18.0 Å². The fourth-order valence-corrected chi connectivity index (χ4v) is 3.56. The number of halogens is 1. The van der Waals surface area contributed by atoms with E-state index in [0.717, 1.165) is 21.7 Å². The summed E-state index contributed by atoms with van der Waals surface area (Å²) in [5.74, 6) is 0.252. The molecule has 0 N–H and O–H groups in total. The highest BCUT2D eigenvalue weighted by Crippen LogP contribution is 2.28. The second-order valence-electron chi connectivity index (χ2n) is 5.52. The van der Waals surface area contributed by atoms with Gasteiger partial charge < -0.3 is 4.90 Å². The van der Waals surface area contributed by atoms with Gasteiger partial charge in [0.1, 0.15) is 0 Å². The number of hydrogen-bond donors (Lipinski definition) is 0. The van der Waals surface area contributed by atoms with Crippen molar-refractivity contribution in [3.63, 3.8) is 0 Å². The predicted octanol–water partition coefficient (Wildman–Crippen LogP) is 5.00. The zero-order valence-electron chi connectivity index (χ0n) is 13.8. The molecule has 0 saturated heterocycles. The molecule has 2 aromatic rings. The number of carbonyl (C=O) groups is 1. The number of nitrogens with zero attached hydrogens (tertiary/aromatic N) is 2. The highest BCUT2D eigenvalue weighted by molar-refractivity contribution is 8.00. The number of anilines is 1. The molecule has 0 aliphatic carbocycles. The first-order chi connectivity index (χ1) is 11.5. The van der Waals surface area contributed by atoms with Gasteiger partial charge in [0.05, 0.1) is 23.3 Å². The Morgan fingerprint density at radius 1 is 1.21 bits per heavy atom. The van der Waals surface area contributed by atoms with Crippen molar-refractivity contribution < 1.29 is 4.79 Å². The van der Waals surface area contributed by atoms with Gasteiger partial charge in [-0.05, 0) is 49.2 Å². The molecule has 0 aromatic heterocycles. The van der Waals surface area contributed by atoms with Crippen LogP contribution in [0.2, 0.25) is 5.02 Å². The largest absolute Gasteiger partial charge is 0.311 e. The van der Waals surface area contributed by atoms with E-state index in [2.05, 4.69) is 12.1 Å². The maximum absolute atomic E-state index is 12.7. The van der Waals surface area contributed by atoms with Gasteiger partial charge in [-0.3, -0.25) is 4.79 Å². The summed E-state index contributed by atoms with van der Waals surface area (Å²) in [6, 6.07) is 15.6. The smallest absolute Gasteiger partial charge is 0.237 e. The highest BCUT2D eigenvalue weighted by atomic mass is 35.5. The van der Waals surface area contributed by atoms with Crippen LogP contribution >= 0.6 is 23.4 Å². The summed E-state index contributed by atoms with van der Waals surface area (Å²) in [7, 11) is 0. The quantitative estimate of drug-likeness (QED) is 0.683. The number of aryl methyl sites for hydroxylation is 2. The minimum absolute atomic E-state index is 0.0276. The first-order valence-electron chi connectivity index (χ1n) is 7.64. The lowest BCUT2D eigenvalue weighted by Crippen LogP contribution is -2.33. The van der Waals surface area contributed by atoms with Crippen molar-refractivity contribution in [3.8, 4) is 6.07 Å². The number of amides is 1. The van der Waals surface area contributed by atoms with Gasteiger partial charge in [0.25, 0.3) is 0 Å². The summed E-state index contributed by atoms with van der Waals surface area (Å²) in [6.07, 6.45) is 0.301. The Balaban J connectivity index is 2.16. The number of rotatable bonds is 6. The lowest BCUT2D eigenvalue weighted by Gasteiger charge is -2.23. The third-order valence-electron chi connectivity index (χ3n) is 3.45. The van der Waals surface area contributed by atoms with Crippen LogP contribution in [0.15, 0.2) is 47.4 Å². The fourth-order valence-electron chi connectivity index (χ4n) is 2.45. The highest BCUT2D eigenvalue weighted by Gasteiger charge is 2.17. The molecule has 0 heterocycles. The summed E-state index contributed by atoms with van der Waals surface area (Å²) < 4.78 is 0. The van der Waals surface area contributed by atoms with Crippen molar-refractivity contribution >= 4 is 35.0 Å². The van der Waals surface area contributed by atoms with Crippen LogP contribution in [0, 0.1) is 25.2 Å². The Labute approximate surface area is 152 Å². The van der Waals surface area contributed by atoms with E-state index in [4.69, 9.17) is 16.9 Å². The molecular weight excluding hydrogens is 340 g/mol. The standard InChI is InChI=1S/C19H19ClN2OS/c1-14-10-15(2)12-16(11-14)22(9-5-8-21)19(23)13-24-18-7-4-3-6-17(18)20/h3-4,6-7,10-12H,5,9,13H2,1-2H3. The van der Waals surface area contributed by atoms with E-state index in [-0.39, 0.29) is 11.7 Å². The Hall–Kier alpha value is -1.96. The fraction of sp³-hybridized carbons (Fsp3) is 0.263. The maximum Gasteiger partial charge on any atom is 0.237 e. The summed E-state index contributed by atoms with van der Waals surface area (Å²) in [5.41, 5.74) is 3.03. The monoisotopic (exact) mass is 358 g/mol. The van der Waals surface area contributed by atoms with Crippen LogP contribution in [-0.2, 0) is 4.79 Å². The van der Waals surface area contributed by atoms with Gasteiger partial charge in [0.15, 0.2) is 0 Å². The van der Waals surface area contributed by atoms with Crippen molar-refractivity contribution in [3.05, 3.63) is 58.6 Å². The number of carbonyl (C=O) groups excluding carboxylic acids is 1. The Morgan fingerprint density at radius 3 is 2.50 bits per heavy atom. The third-order valence-corrected chi connectivity index (χ3v) is 4.95. The van der Waals surface area contributed by atoms with E-state index in [9.17, 15) is 4.79 Å². The lowest BCUT2D eigenvalue weighted by molar-refractivity contribution is -0.116. The average Bonchev–Trinajstić information content (AvgIpc) is 2.53. The zero-order valence-corrected chi connectivity index (χ0v) is 15.3. The molecule has 3 nitrogen and oxygen atoms in total. The number of thioether (sulfide) groups is 1. The second-order valence-corrected chi connectivity index (χ2v) is 6.94. The van der Waals surface area contributed by atoms with E-state index in [1.165, 1.54) is 11.8 Å². The summed E-state index contributed by atoms with van der Waals surface area (Å²) in [5, 5.41) is 9.53. The van der Waals surface area contributed by atoms with Gasteiger partial charge in [0.2, 0.25) is 5.91 Å². The van der Waals surface area contributed by atoms with Crippen LogP contribution in [0.1, 0.15) is 17.5 Å². The molecule has 124 valence electrons. The predicted molar refractivity (Wildman–Crippen MR) is 101 cm³/mol. The molecule has 0 fully saturated rings. The number of benzene rings is 2. The second kappa shape index (κ2) is 8.77. The third kappa shape index (κ3) is 5.02. The van der Waals surface area contributed by atoms with Gasteiger partial charge in [0, 0.05) is 17.1 Å². The van der Waals surface area contributed by atoms with Crippen LogP contribution in [0.5, 0.6) is 0 Å². The van der Waals surface area contributed by atoms with E-state index >= 15 is 0 Å². The Kier molecular flexibility index (Phi) is 6.72. The van der Waals surface area contributed by atoms with Gasteiger partial charge in [-0.2, -0.15) is 5.26 Å². The normalized spacial score (nSPS) is 10.2. The molecule has 2 aromatic carbocycles. The van der Waals surface area contributed by atoms with E-state index in [1.54, 1.807) is 4.90 Å². The van der Waals surface area contributed by atoms with Gasteiger partial charge in [-0.15, -0.1) is 11.8 Å². The molecule has 0 saturated carbocycles. The summed E-state index contributed by atoms with van der Waals surface area (Å²) >= 11 is 7.55. The summed E-state index contributed by atoms with van der Waals surface area (Å²) in [6.45, 7) is 4.39. The number of hydrogen-bond acceptors (Lipinski definition) is 3. The molecule has 2 rings (SSSR count). The van der Waals surface area contributed by atoms with Crippen molar-refractivity contribution in [2.75, 3.05) is 17.2 Å². The van der Waals surface area contributed by atoms with Gasteiger partial charge in [-0.1, -0.05) is 29.8 Å². The topological polar surface area (TPSA) is 44.1 Å². The molecule has 24 heavy (non-hydrogen) atoms. The molecule has 0 radical (unpaired) electrons. The van der Waals surface area contributed by atoms with Crippen LogP contribution < -0.4 is 4.90 Å². The first-order valence-corrected chi connectivity index (χ1v) is 9.00. The molecular formula is C19H19ClN2OS. The zero-order chi connectivity index (χ0) is 17.5. The summed E-state index contributed by atoms with van der Waals surface area (Å²) in [4.78, 5) is 15.3. The van der Waals surface area contributed by atoms with Crippen molar-refractivity contribution in [1.82, 2.24) is 0 Å². The van der Waals surface area contributed by atoms with Crippen molar-refractivity contribution in [2.24, 2.45) is 0 Å². The van der Waals surface area contributed by atoms with Crippen molar-refractivity contribution in [1.29, 1.82) is 5.26 Å². The molecule has 1 amide bonds. The minimum Gasteiger partial charge on any atom is -0.311 e. The lowest BCUT2D eigenvalue weighted by atomic mass is 10.1. The SMILES string of the molecule is Cc1cc(C)cc(N(CCC#N)C(=O)CSc2ccccc2Cl)c1. The van der Waals surface area contributed by atoms with Crippen LogP contribution in [0.4, 0.5) is 5.69 Å². The van der Waals surface area contributed by atoms with Crippen LogP contribution in [0.25, 0.3) is 0 Å². The molecule has 0 aliphatic heterocycles. The van der Waals surface area contributed by atoms with Crippen LogP contribution in [-0.4, -0.2) is 18.2 Å². The molecule has 5 heteroatoms. The van der Waals surface area contributed by atoms with Crippen LogP contribution in [0.3, 0.4) is 0 Å². The van der Waals surface area contributed by atoms with Crippen molar-refractivity contribution in [2.45, 2.75) is 25.2 Å².